The van der Waals surface area contributed by atoms with Crippen LogP contribution in [0.15, 0.2) is 17.7 Å². The number of nitrogens with one attached hydrogen (secondary N) is 1. The van der Waals surface area contributed by atoms with Crippen molar-refractivity contribution in [3.05, 3.63) is 33.3 Å². The highest BCUT2D eigenvalue weighted by Gasteiger charge is 2.15. The maximum Gasteiger partial charge on any atom is 0.145 e. The Hall–Kier alpha value is -0.740. The molecule has 5 heteroatoms. The molecule has 2 N–H and O–H groups in total. The number of fused-ring (bicyclic) bond motifs is 1. The number of ether oxygens (including phenoxy) is 1. The largest absolute Gasteiger partial charge is 0.487 e. The lowest BCUT2D eigenvalue weighted by Gasteiger charge is -2.20. The summed E-state index contributed by atoms with van der Waals surface area (Å²) in [5.74, 6) is 1.14. The summed E-state index contributed by atoms with van der Waals surface area (Å²) in [5.41, 5.74) is 2.08. The topological polar surface area (TPSA) is 41.5 Å². The van der Waals surface area contributed by atoms with Crippen LogP contribution in [0, 0.1) is 5.92 Å². The van der Waals surface area contributed by atoms with Gasteiger partial charge in [0.05, 0.1) is 11.1 Å². The van der Waals surface area contributed by atoms with Crippen LogP contribution in [0.2, 0.25) is 10.0 Å². The van der Waals surface area contributed by atoms with Gasteiger partial charge in [0.1, 0.15) is 12.4 Å². The molecule has 0 radical (unpaired) electrons. The van der Waals surface area contributed by atoms with Gasteiger partial charge in [-0.15, -0.1) is 0 Å². The molecule has 116 valence electrons. The zero-order chi connectivity index (χ0) is 15.4. The lowest BCUT2D eigenvalue weighted by Crippen LogP contribution is -2.27. The van der Waals surface area contributed by atoms with E-state index in [4.69, 9.17) is 27.9 Å². The van der Waals surface area contributed by atoms with Gasteiger partial charge in [-0.1, -0.05) is 30.1 Å². The Morgan fingerprint density at radius 1 is 1.33 bits per heavy atom. The van der Waals surface area contributed by atoms with E-state index in [9.17, 15) is 5.11 Å². The van der Waals surface area contributed by atoms with Crippen LogP contribution in [0.3, 0.4) is 0 Å². The molecule has 0 saturated heterocycles. The first-order valence-electron chi connectivity index (χ1n) is 7.15. The maximum absolute atomic E-state index is 9.35. The highest BCUT2D eigenvalue weighted by Crippen LogP contribution is 2.36. The fraction of sp³-hybridized carbons (Fsp3) is 0.500. The number of hydrogen-bond acceptors (Lipinski definition) is 3. The molecule has 0 amide bonds. The van der Waals surface area contributed by atoms with Gasteiger partial charge in [-0.3, -0.25) is 0 Å². The van der Waals surface area contributed by atoms with Crippen molar-refractivity contribution in [2.75, 3.05) is 19.7 Å². The standard InChI is InChI=1S/C16H21Cl2NO2/c1-10(3-11(2)20)7-19-8-12-4-13-5-14(17)6-15(18)16(13)21-9-12/h4-6,10-11,19-20H,3,7-9H2,1-2H3. The van der Waals surface area contributed by atoms with Gasteiger partial charge in [-0.25, -0.2) is 0 Å². The number of halogens is 2. The lowest BCUT2D eigenvalue weighted by atomic mass is 10.0. The Balaban J connectivity index is 1.92. The smallest absolute Gasteiger partial charge is 0.145 e. The summed E-state index contributed by atoms with van der Waals surface area (Å²) in [4.78, 5) is 0. The van der Waals surface area contributed by atoms with Crippen LogP contribution < -0.4 is 10.1 Å². The Morgan fingerprint density at radius 2 is 2.10 bits per heavy atom. The second kappa shape index (κ2) is 7.50. The van der Waals surface area contributed by atoms with Gasteiger partial charge in [-0.2, -0.15) is 0 Å². The molecular weight excluding hydrogens is 309 g/mol. The third kappa shape index (κ3) is 4.89. The lowest BCUT2D eigenvalue weighted by molar-refractivity contribution is 0.163. The molecule has 0 saturated carbocycles. The predicted octanol–water partition coefficient (Wildman–Crippen LogP) is 3.77. The maximum atomic E-state index is 9.35. The van der Waals surface area contributed by atoms with E-state index in [2.05, 4.69) is 18.3 Å². The van der Waals surface area contributed by atoms with Crippen LogP contribution in [-0.4, -0.2) is 30.9 Å². The average molecular weight is 330 g/mol. The van der Waals surface area contributed by atoms with Gasteiger partial charge >= 0.3 is 0 Å². The molecule has 0 aromatic heterocycles. The van der Waals surface area contributed by atoms with E-state index in [0.717, 1.165) is 30.6 Å². The molecule has 1 aromatic carbocycles. The predicted molar refractivity (Wildman–Crippen MR) is 88.3 cm³/mol. The summed E-state index contributed by atoms with van der Waals surface area (Å²) in [6.45, 7) is 6.10. The Bertz CT molecular complexity index is 529. The molecule has 1 aliphatic heterocycles. The minimum atomic E-state index is -0.254. The fourth-order valence-corrected chi connectivity index (χ4v) is 3.08. The molecule has 2 atom stereocenters. The number of hydrogen-bond donors (Lipinski definition) is 2. The molecule has 3 nitrogen and oxygen atoms in total. The fourth-order valence-electron chi connectivity index (χ4n) is 2.51. The zero-order valence-electron chi connectivity index (χ0n) is 12.3. The zero-order valence-corrected chi connectivity index (χ0v) is 13.8. The van der Waals surface area contributed by atoms with Crippen molar-refractivity contribution in [2.45, 2.75) is 26.4 Å². The van der Waals surface area contributed by atoms with Crippen LogP contribution in [0.25, 0.3) is 6.08 Å². The van der Waals surface area contributed by atoms with Crippen LogP contribution in [-0.2, 0) is 0 Å². The highest BCUT2D eigenvalue weighted by molar-refractivity contribution is 6.36. The summed E-state index contributed by atoms with van der Waals surface area (Å²) in [7, 11) is 0. The Labute approximate surface area is 135 Å². The van der Waals surface area contributed by atoms with Crippen molar-refractivity contribution in [3.8, 4) is 5.75 Å². The molecule has 0 aliphatic carbocycles. The van der Waals surface area contributed by atoms with E-state index in [1.807, 2.05) is 13.0 Å². The highest BCUT2D eigenvalue weighted by atomic mass is 35.5. The minimum Gasteiger partial charge on any atom is -0.487 e. The molecule has 0 spiro atoms. The molecule has 1 heterocycles. The van der Waals surface area contributed by atoms with Gasteiger partial charge in [-0.05, 0) is 49.6 Å². The van der Waals surface area contributed by atoms with E-state index < -0.39 is 0 Å². The first-order chi connectivity index (χ1) is 9.95. The molecule has 2 unspecified atom stereocenters. The number of rotatable bonds is 6. The van der Waals surface area contributed by atoms with Gasteiger partial charge in [0, 0.05) is 17.1 Å². The van der Waals surface area contributed by atoms with Crippen LogP contribution in [0.1, 0.15) is 25.8 Å². The third-order valence-corrected chi connectivity index (χ3v) is 3.89. The molecule has 1 aliphatic rings. The molecule has 0 bridgehead atoms. The van der Waals surface area contributed by atoms with Gasteiger partial charge in [0.25, 0.3) is 0 Å². The van der Waals surface area contributed by atoms with Gasteiger partial charge < -0.3 is 15.2 Å². The monoisotopic (exact) mass is 329 g/mol. The molecule has 2 rings (SSSR count). The van der Waals surface area contributed by atoms with E-state index in [1.54, 1.807) is 6.07 Å². The van der Waals surface area contributed by atoms with Gasteiger partial charge in [0.15, 0.2) is 0 Å². The molecule has 21 heavy (non-hydrogen) atoms. The van der Waals surface area contributed by atoms with Crippen molar-refractivity contribution in [3.63, 3.8) is 0 Å². The summed E-state index contributed by atoms with van der Waals surface area (Å²) in [6, 6.07) is 3.55. The quantitative estimate of drug-likeness (QED) is 0.834. The van der Waals surface area contributed by atoms with Crippen LogP contribution >= 0.6 is 23.2 Å². The first-order valence-corrected chi connectivity index (χ1v) is 7.91. The average Bonchev–Trinajstić information content (AvgIpc) is 2.37. The van der Waals surface area contributed by atoms with E-state index in [1.165, 1.54) is 0 Å². The molecular formula is C16H21Cl2NO2. The number of benzene rings is 1. The normalized spacial score (nSPS) is 16.7. The van der Waals surface area contributed by atoms with Crippen molar-refractivity contribution < 1.29 is 9.84 Å². The molecule has 0 fully saturated rings. The van der Waals surface area contributed by atoms with E-state index in [-0.39, 0.29) is 6.10 Å². The Kier molecular flexibility index (Phi) is 5.94. The second-order valence-corrected chi connectivity index (χ2v) is 6.56. The second-order valence-electron chi connectivity index (χ2n) is 5.72. The first kappa shape index (κ1) is 16.6. The van der Waals surface area contributed by atoms with Crippen molar-refractivity contribution >= 4 is 29.3 Å². The SMILES string of the molecule is CC(O)CC(C)CNCC1=Cc2cc(Cl)cc(Cl)c2OC1. The third-order valence-electron chi connectivity index (χ3n) is 3.39. The summed E-state index contributed by atoms with van der Waals surface area (Å²) in [5, 5.41) is 13.9. The van der Waals surface area contributed by atoms with Crippen LogP contribution in [0.4, 0.5) is 0 Å². The van der Waals surface area contributed by atoms with E-state index in [0.29, 0.717) is 28.3 Å². The van der Waals surface area contributed by atoms with E-state index >= 15 is 0 Å². The van der Waals surface area contributed by atoms with Crippen molar-refractivity contribution in [1.82, 2.24) is 5.32 Å². The Morgan fingerprint density at radius 3 is 2.81 bits per heavy atom. The van der Waals surface area contributed by atoms with Crippen LogP contribution in [0.5, 0.6) is 5.75 Å². The summed E-state index contributed by atoms with van der Waals surface area (Å²) in [6.07, 6.45) is 2.62. The number of aliphatic hydroxyl groups is 1. The molecule has 1 aromatic rings. The number of aliphatic hydroxyl groups excluding tert-OH is 1. The van der Waals surface area contributed by atoms with Crippen molar-refractivity contribution in [1.29, 1.82) is 0 Å². The van der Waals surface area contributed by atoms with Crippen molar-refractivity contribution in [2.24, 2.45) is 5.92 Å². The summed E-state index contributed by atoms with van der Waals surface area (Å²) < 4.78 is 5.71. The summed E-state index contributed by atoms with van der Waals surface area (Å²) >= 11 is 12.1. The minimum absolute atomic E-state index is 0.254. The van der Waals surface area contributed by atoms with Gasteiger partial charge in [0.2, 0.25) is 0 Å².